The molecule has 1 atom stereocenters. The zero-order chi connectivity index (χ0) is 13.1. The number of aryl methyl sites for hydroxylation is 1. The van der Waals surface area contributed by atoms with Crippen LogP contribution in [0.4, 0.5) is 0 Å². The topological polar surface area (TPSA) is 0 Å². The van der Waals surface area contributed by atoms with Gasteiger partial charge in [-0.1, -0.05) is 55.8 Å². The quantitative estimate of drug-likeness (QED) is 0.721. The van der Waals surface area contributed by atoms with Gasteiger partial charge in [0.2, 0.25) is 0 Å². The summed E-state index contributed by atoms with van der Waals surface area (Å²) in [6, 6.07) is 9.20. The van der Waals surface area contributed by atoms with Gasteiger partial charge in [-0.2, -0.15) is 0 Å². The molecule has 0 nitrogen and oxygen atoms in total. The smallest absolute Gasteiger partial charge is 0.0344 e. The lowest BCUT2D eigenvalue weighted by molar-refractivity contribution is 0.795. The predicted octanol–water partition coefficient (Wildman–Crippen LogP) is 3.70. The van der Waals surface area contributed by atoms with Crippen molar-refractivity contribution in [1.29, 1.82) is 0 Å². The Balaban J connectivity index is 2.19. The van der Waals surface area contributed by atoms with E-state index in [-0.39, 0.29) is 0 Å². The monoisotopic (exact) mass is 256 g/mol. The fraction of sp³-hybridized carbons (Fsp3) is 0.412. The lowest BCUT2D eigenvalue weighted by Gasteiger charge is -2.07. The Morgan fingerprint density at radius 2 is 1.83 bits per heavy atom. The van der Waals surface area contributed by atoms with Crippen LogP contribution >= 0.6 is 0 Å². The van der Waals surface area contributed by atoms with Gasteiger partial charge in [-0.3, -0.25) is 0 Å². The van der Waals surface area contributed by atoms with Crippen LogP contribution in [0.15, 0.2) is 41.1 Å². The van der Waals surface area contributed by atoms with Crippen molar-refractivity contribution < 1.29 is 0 Å². The van der Waals surface area contributed by atoms with Crippen LogP contribution in [0.1, 0.15) is 44.7 Å². The molecule has 1 aromatic rings. The number of rotatable bonds is 4. The van der Waals surface area contributed by atoms with Crippen molar-refractivity contribution in [2.24, 2.45) is 5.92 Å². The van der Waals surface area contributed by atoms with E-state index in [2.05, 4.69) is 51.1 Å². The molecule has 0 saturated carbocycles. The van der Waals surface area contributed by atoms with Crippen LogP contribution in [0.2, 0.25) is 0 Å². The van der Waals surface area contributed by atoms with Crippen molar-refractivity contribution in [2.45, 2.75) is 40.0 Å². The van der Waals surface area contributed by atoms with Crippen molar-refractivity contribution in [3.05, 3.63) is 52.2 Å². The van der Waals surface area contributed by atoms with E-state index in [1.54, 1.807) is 5.20 Å². The summed E-state index contributed by atoms with van der Waals surface area (Å²) in [5.74, 6) is 0.659. The van der Waals surface area contributed by atoms with Crippen LogP contribution in [-0.2, 0) is 6.42 Å². The van der Waals surface area contributed by atoms with Crippen molar-refractivity contribution in [3.63, 3.8) is 0 Å². The van der Waals surface area contributed by atoms with Gasteiger partial charge in [0.15, 0.2) is 0 Å². The highest BCUT2D eigenvalue weighted by molar-refractivity contribution is 6.24. The van der Waals surface area contributed by atoms with E-state index >= 15 is 0 Å². The third kappa shape index (κ3) is 2.67. The molecule has 1 heteroatoms. The Kier molecular flexibility index (Phi) is 4.23. The molecule has 0 saturated heterocycles. The molecule has 1 unspecified atom stereocenters. The van der Waals surface area contributed by atoms with Crippen LogP contribution in [0.25, 0.3) is 5.57 Å². The summed E-state index contributed by atoms with van der Waals surface area (Å²) in [6.45, 7) is 6.84. The zero-order valence-electron chi connectivity index (χ0n) is 12.1. The minimum atomic E-state index is 0.659. The van der Waals surface area contributed by atoms with E-state index in [1.165, 1.54) is 51.8 Å². The Morgan fingerprint density at radius 3 is 2.33 bits per heavy atom. The summed E-state index contributed by atoms with van der Waals surface area (Å²) in [7, 11) is 1.19. The fourth-order valence-corrected chi connectivity index (χ4v) is 3.03. The largest absolute Gasteiger partial charge is 0.0819 e. The SMILES string of the molecule is CCCCc1ccc(C2=CC(C)C([SiH3])=C2C)cc1. The first kappa shape index (κ1) is 13.4. The van der Waals surface area contributed by atoms with E-state index in [1.807, 2.05) is 0 Å². The second-order valence-corrected chi connectivity index (χ2v) is 6.55. The summed E-state index contributed by atoms with van der Waals surface area (Å²) in [5.41, 5.74) is 5.86. The molecule has 1 aliphatic rings. The van der Waals surface area contributed by atoms with E-state index in [4.69, 9.17) is 0 Å². The predicted molar refractivity (Wildman–Crippen MR) is 84.8 cm³/mol. The Hall–Kier alpha value is -1.08. The number of allylic oxidation sites excluding steroid dienone is 4. The van der Waals surface area contributed by atoms with Gasteiger partial charge in [0.05, 0.1) is 0 Å². The first-order valence-corrected chi connectivity index (χ1v) is 8.12. The van der Waals surface area contributed by atoms with Crippen molar-refractivity contribution in [3.8, 4) is 0 Å². The number of hydrogen-bond acceptors (Lipinski definition) is 0. The second kappa shape index (κ2) is 5.70. The molecule has 0 amide bonds. The molecular weight excluding hydrogens is 232 g/mol. The first-order valence-electron chi connectivity index (χ1n) is 7.12. The van der Waals surface area contributed by atoms with Crippen LogP contribution in [0.5, 0.6) is 0 Å². The van der Waals surface area contributed by atoms with Gasteiger partial charge < -0.3 is 0 Å². The normalized spacial score (nSPS) is 19.5. The van der Waals surface area contributed by atoms with Crippen LogP contribution in [0, 0.1) is 5.92 Å². The summed E-state index contributed by atoms with van der Waals surface area (Å²) in [5, 5.41) is 1.65. The van der Waals surface area contributed by atoms with Crippen LogP contribution < -0.4 is 0 Å². The zero-order valence-corrected chi connectivity index (χ0v) is 14.1. The summed E-state index contributed by atoms with van der Waals surface area (Å²) in [6.07, 6.45) is 6.21. The molecule has 2 rings (SSSR count). The summed E-state index contributed by atoms with van der Waals surface area (Å²) >= 11 is 0. The molecule has 0 fully saturated rings. The first-order chi connectivity index (χ1) is 8.63. The molecule has 96 valence electrons. The maximum Gasteiger partial charge on any atom is 0.0344 e. The lowest BCUT2D eigenvalue weighted by atomic mass is 9.99. The lowest BCUT2D eigenvalue weighted by Crippen LogP contribution is -1.91. The average molecular weight is 256 g/mol. The highest BCUT2D eigenvalue weighted by Crippen LogP contribution is 2.35. The van der Waals surface area contributed by atoms with Crippen molar-refractivity contribution >= 4 is 15.8 Å². The minimum Gasteiger partial charge on any atom is -0.0819 e. The second-order valence-electron chi connectivity index (χ2n) is 5.48. The van der Waals surface area contributed by atoms with E-state index < -0.39 is 0 Å². The Labute approximate surface area is 114 Å². The van der Waals surface area contributed by atoms with Gasteiger partial charge in [0.25, 0.3) is 0 Å². The molecule has 1 aliphatic carbocycles. The molecular formula is C17H24Si. The third-order valence-electron chi connectivity index (χ3n) is 4.18. The molecule has 0 radical (unpaired) electrons. The van der Waals surface area contributed by atoms with E-state index in [0.717, 1.165) is 0 Å². The Morgan fingerprint density at radius 1 is 1.17 bits per heavy atom. The molecule has 0 aliphatic heterocycles. The van der Waals surface area contributed by atoms with Gasteiger partial charge >= 0.3 is 0 Å². The fourth-order valence-electron chi connectivity index (χ4n) is 2.60. The van der Waals surface area contributed by atoms with E-state index in [9.17, 15) is 0 Å². The molecule has 1 aromatic carbocycles. The molecule has 0 N–H and O–H groups in total. The molecule has 0 heterocycles. The standard InChI is InChI=1S/C17H24Si/c1-4-5-6-14-7-9-15(10-8-14)16-11-12(2)17(18)13(16)3/h7-12H,4-6H2,1-3,18H3. The maximum atomic E-state index is 2.43. The van der Waals surface area contributed by atoms with Crippen molar-refractivity contribution in [2.75, 3.05) is 0 Å². The minimum absolute atomic E-state index is 0.659. The summed E-state index contributed by atoms with van der Waals surface area (Å²) in [4.78, 5) is 0. The van der Waals surface area contributed by atoms with Gasteiger partial charge in [-0.05, 0) is 48.0 Å². The highest BCUT2D eigenvalue weighted by Gasteiger charge is 2.17. The van der Waals surface area contributed by atoms with Crippen LogP contribution in [-0.4, -0.2) is 10.2 Å². The number of benzene rings is 1. The molecule has 18 heavy (non-hydrogen) atoms. The van der Waals surface area contributed by atoms with E-state index in [0.29, 0.717) is 5.92 Å². The van der Waals surface area contributed by atoms with Gasteiger partial charge in [-0.15, -0.1) is 0 Å². The Bertz CT molecular complexity index is 477. The molecule has 0 spiro atoms. The number of hydrogen-bond donors (Lipinski definition) is 0. The molecule has 0 aromatic heterocycles. The summed E-state index contributed by atoms with van der Waals surface area (Å²) < 4.78 is 0. The molecule has 0 bridgehead atoms. The highest BCUT2D eigenvalue weighted by atomic mass is 28.1. The average Bonchev–Trinajstić information content (AvgIpc) is 2.65. The maximum absolute atomic E-state index is 2.43. The van der Waals surface area contributed by atoms with Gasteiger partial charge in [-0.25, -0.2) is 0 Å². The number of unbranched alkanes of at least 4 members (excludes halogenated alkanes) is 1. The third-order valence-corrected chi connectivity index (χ3v) is 5.84. The van der Waals surface area contributed by atoms with Crippen molar-refractivity contribution in [1.82, 2.24) is 0 Å². The van der Waals surface area contributed by atoms with Crippen LogP contribution in [0.3, 0.4) is 0 Å². The van der Waals surface area contributed by atoms with Gasteiger partial charge in [0, 0.05) is 10.2 Å². The van der Waals surface area contributed by atoms with Gasteiger partial charge in [0.1, 0.15) is 0 Å².